The molecule has 1 atom stereocenters. The molecule has 0 aliphatic carbocycles. The van der Waals surface area contributed by atoms with E-state index in [-0.39, 0.29) is 18.2 Å². The van der Waals surface area contributed by atoms with Crippen molar-refractivity contribution in [2.45, 2.75) is 18.8 Å². The first-order valence-electron chi connectivity index (χ1n) is 4.88. The van der Waals surface area contributed by atoms with Crippen molar-refractivity contribution >= 4 is 5.91 Å². The van der Waals surface area contributed by atoms with E-state index in [0.717, 1.165) is 6.07 Å². The summed E-state index contributed by atoms with van der Waals surface area (Å²) in [5.74, 6) is -1.35. The van der Waals surface area contributed by atoms with Crippen LogP contribution in [0.15, 0.2) is 18.2 Å². The van der Waals surface area contributed by atoms with Gasteiger partial charge in [0.15, 0.2) is 0 Å². The Kier molecular flexibility index (Phi) is 2.66. The van der Waals surface area contributed by atoms with Gasteiger partial charge in [0, 0.05) is 19.0 Å². The highest BCUT2D eigenvalue weighted by atomic mass is 19.1. The third-order valence-corrected chi connectivity index (χ3v) is 2.65. The number of nitrogens with one attached hydrogen (secondary N) is 1. The smallest absolute Gasteiger partial charge is 0.220 e. The van der Waals surface area contributed by atoms with Crippen molar-refractivity contribution in [3.63, 3.8) is 0 Å². The van der Waals surface area contributed by atoms with Crippen molar-refractivity contribution in [3.05, 3.63) is 35.4 Å². The van der Waals surface area contributed by atoms with E-state index >= 15 is 0 Å². The largest absolute Gasteiger partial charge is 0.356 e. The minimum absolute atomic E-state index is 0.0741. The van der Waals surface area contributed by atoms with E-state index in [4.69, 9.17) is 0 Å². The zero-order valence-electron chi connectivity index (χ0n) is 8.09. The molecule has 1 heterocycles. The Balaban J connectivity index is 2.24. The Morgan fingerprint density at radius 1 is 1.33 bits per heavy atom. The highest BCUT2D eigenvalue weighted by molar-refractivity contribution is 5.77. The second-order valence-corrected chi connectivity index (χ2v) is 3.71. The van der Waals surface area contributed by atoms with Gasteiger partial charge in [-0.05, 0) is 24.0 Å². The molecule has 2 rings (SSSR count). The van der Waals surface area contributed by atoms with Gasteiger partial charge in [-0.1, -0.05) is 6.07 Å². The quantitative estimate of drug-likeness (QED) is 0.755. The molecule has 0 radical (unpaired) electrons. The fraction of sp³-hybridized carbons (Fsp3) is 0.364. The van der Waals surface area contributed by atoms with Crippen LogP contribution in [0.25, 0.3) is 0 Å². The predicted octanol–water partition coefficient (Wildman–Crippen LogP) is 1.96. The highest BCUT2D eigenvalue weighted by Crippen LogP contribution is 2.27. The first-order chi connectivity index (χ1) is 7.16. The summed E-state index contributed by atoms with van der Waals surface area (Å²) in [6, 6.07) is 3.51. The molecule has 80 valence electrons. The van der Waals surface area contributed by atoms with Crippen LogP contribution in [0.1, 0.15) is 24.3 Å². The number of rotatable bonds is 1. The van der Waals surface area contributed by atoms with Crippen molar-refractivity contribution < 1.29 is 13.6 Å². The van der Waals surface area contributed by atoms with Gasteiger partial charge in [-0.2, -0.15) is 0 Å². The van der Waals surface area contributed by atoms with Crippen LogP contribution in [0.3, 0.4) is 0 Å². The zero-order chi connectivity index (χ0) is 10.8. The van der Waals surface area contributed by atoms with Crippen molar-refractivity contribution in [2.24, 2.45) is 0 Å². The minimum atomic E-state index is -0.587. The normalized spacial score (nSPS) is 21.2. The molecule has 1 fully saturated rings. The molecule has 4 heteroatoms. The standard InChI is InChI=1S/C11H11F2NO/c12-8-1-2-9(10(13)6-8)7-3-4-14-11(15)5-7/h1-2,6-7H,3-5H2,(H,14,15)/t7-/m0/s1. The van der Waals surface area contributed by atoms with Crippen LogP contribution in [-0.4, -0.2) is 12.5 Å². The molecular weight excluding hydrogens is 200 g/mol. The van der Waals surface area contributed by atoms with Gasteiger partial charge in [-0.3, -0.25) is 4.79 Å². The average molecular weight is 211 g/mol. The van der Waals surface area contributed by atoms with Crippen molar-refractivity contribution in [1.29, 1.82) is 0 Å². The Morgan fingerprint density at radius 2 is 2.13 bits per heavy atom. The zero-order valence-corrected chi connectivity index (χ0v) is 8.09. The summed E-state index contributed by atoms with van der Waals surface area (Å²) in [6.07, 6.45) is 0.983. The number of benzene rings is 1. The SMILES string of the molecule is O=C1C[C@@H](c2ccc(F)cc2F)CCN1. The van der Waals surface area contributed by atoms with Crippen molar-refractivity contribution in [1.82, 2.24) is 5.32 Å². The van der Waals surface area contributed by atoms with Gasteiger partial charge in [-0.15, -0.1) is 0 Å². The lowest BCUT2D eigenvalue weighted by Gasteiger charge is -2.22. The molecule has 2 nitrogen and oxygen atoms in total. The summed E-state index contributed by atoms with van der Waals surface area (Å²) < 4.78 is 26.1. The summed E-state index contributed by atoms with van der Waals surface area (Å²) >= 11 is 0. The molecule has 1 aliphatic rings. The summed E-state index contributed by atoms with van der Waals surface area (Å²) in [6.45, 7) is 0.556. The molecule has 0 aromatic heterocycles. The number of hydrogen-bond acceptors (Lipinski definition) is 1. The van der Waals surface area contributed by atoms with Crippen molar-refractivity contribution in [3.8, 4) is 0 Å². The van der Waals surface area contributed by atoms with Gasteiger partial charge in [0.25, 0.3) is 0 Å². The number of piperidine rings is 1. The van der Waals surface area contributed by atoms with Gasteiger partial charge in [0.1, 0.15) is 11.6 Å². The van der Waals surface area contributed by atoms with Gasteiger partial charge in [0.2, 0.25) is 5.91 Å². The van der Waals surface area contributed by atoms with E-state index in [1.54, 1.807) is 0 Å². The number of carbonyl (C=O) groups excluding carboxylic acids is 1. The van der Waals surface area contributed by atoms with Crippen LogP contribution < -0.4 is 5.32 Å². The van der Waals surface area contributed by atoms with E-state index in [1.807, 2.05) is 0 Å². The van der Waals surface area contributed by atoms with Crippen LogP contribution in [0.4, 0.5) is 8.78 Å². The maximum absolute atomic E-state index is 13.4. The average Bonchev–Trinajstić information content (AvgIpc) is 2.17. The molecular formula is C11H11F2NO. The Morgan fingerprint density at radius 3 is 2.80 bits per heavy atom. The van der Waals surface area contributed by atoms with Gasteiger partial charge >= 0.3 is 0 Å². The minimum Gasteiger partial charge on any atom is -0.356 e. The lowest BCUT2D eigenvalue weighted by molar-refractivity contribution is -0.122. The molecule has 0 spiro atoms. The first kappa shape index (κ1) is 10.1. The van der Waals surface area contributed by atoms with Gasteiger partial charge < -0.3 is 5.32 Å². The van der Waals surface area contributed by atoms with E-state index in [1.165, 1.54) is 12.1 Å². The molecule has 1 amide bonds. The number of hydrogen-bond donors (Lipinski definition) is 1. The van der Waals surface area contributed by atoms with E-state index < -0.39 is 11.6 Å². The molecule has 0 saturated carbocycles. The second-order valence-electron chi connectivity index (χ2n) is 3.71. The number of amides is 1. The molecule has 0 unspecified atom stereocenters. The third kappa shape index (κ3) is 2.14. The van der Waals surface area contributed by atoms with Crippen LogP contribution in [0.2, 0.25) is 0 Å². The predicted molar refractivity (Wildman–Crippen MR) is 51.3 cm³/mol. The topological polar surface area (TPSA) is 29.1 Å². The number of carbonyl (C=O) groups is 1. The monoisotopic (exact) mass is 211 g/mol. The van der Waals surface area contributed by atoms with Crippen LogP contribution >= 0.6 is 0 Å². The maximum Gasteiger partial charge on any atom is 0.220 e. The summed E-state index contributed by atoms with van der Waals surface area (Å²) in [5, 5.41) is 2.68. The van der Waals surface area contributed by atoms with Crippen LogP contribution in [-0.2, 0) is 4.79 Å². The molecule has 1 N–H and O–H groups in total. The summed E-state index contributed by atoms with van der Waals surface area (Å²) in [7, 11) is 0. The molecule has 1 aromatic carbocycles. The maximum atomic E-state index is 13.4. The molecule has 1 saturated heterocycles. The second kappa shape index (κ2) is 3.96. The fourth-order valence-corrected chi connectivity index (χ4v) is 1.88. The summed E-state index contributed by atoms with van der Waals surface area (Å²) in [5.41, 5.74) is 0.436. The van der Waals surface area contributed by atoms with Crippen LogP contribution in [0, 0.1) is 11.6 Å². The van der Waals surface area contributed by atoms with Gasteiger partial charge in [0.05, 0.1) is 0 Å². The fourth-order valence-electron chi connectivity index (χ4n) is 1.88. The van der Waals surface area contributed by atoms with E-state index in [2.05, 4.69) is 5.32 Å². The van der Waals surface area contributed by atoms with E-state index in [9.17, 15) is 13.6 Å². The van der Waals surface area contributed by atoms with Crippen LogP contribution in [0.5, 0.6) is 0 Å². The lowest BCUT2D eigenvalue weighted by atomic mass is 9.89. The van der Waals surface area contributed by atoms with Crippen molar-refractivity contribution in [2.75, 3.05) is 6.54 Å². The van der Waals surface area contributed by atoms with E-state index in [0.29, 0.717) is 18.5 Å². The highest BCUT2D eigenvalue weighted by Gasteiger charge is 2.23. The molecule has 0 bridgehead atoms. The first-order valence-corrected chi connectivity index (χ1v) is 4.88. The van der Waals surface area contributed by atoms with Gasteiger partial charge in [-0.25, -0.2) is 8.78 Å². The summed E-state index contributed by atoms with van der Waals surface area (Å²) in [4.78, 5) is 11.1. The molecule has 15 heavy (non-hydrogen) atoms. The Labute approximate surface area is 86.3 Å². The molecule has 1 aliphatic heterocycles. The lowest BCUT2D eigenvalue weighted by Crippen LogP contribution is -2.32. The Bertz CT molecular complexity index is 392. The third-order valence-electron chi connectivity index (χ3n) is 2.65. The number of halogens is 2. The molecule has 1 aromatic rings. The Hall–Kier alpha value is -1.45.